The Morgan fingerprint density at radius 2 is 1.58 bits per heavy atom. The summed E-state index contributed by atoms with van der Waals surface area (Å²) in [5.74, 6) is -0.862. The first-order valence-electron chi connectivity index (χ1n) is 13.0. The summed E-state index contributed by atoms with van der Waals surface area (Å²) in [6, 6.07) is 4.99. The summed E-state index contributed by atoms with van der Waals surface area (Å²) in [5.41, 5.74) is 0.0311. The maximum absolute atomic E-state index is 12.3. The molecule has 1 amide bonds. The van der Waals surface area contributed by atoms with Crippen molar-refractivity contribution in [2.24, 2.45) is 0 Å². The number of aliphatic carboxylic acids is 1. The Morgan fingerprint density at radius 3 is 2.11 bits per heavy atom. The lowest BCUT2D eigenvalue weighted by atomic mass is 10.0. The van der Waals surface area contributed by atoms with E-state index in [9.17, 15) is 19.5 Å². The van der Waals surface area contributed by atoms with Gasteiger partial charge in [-0.05, 0) is 79.1 Å². The van der Waals surface area contributed by atoms with Crippen LogP contribution in [-0.4, -0.2) is 90.6 Å². The van der Waals surface area contributed by atoms with Crippen LogP contribution in [0.15, 0.2) is 24.3 Å². The number of benzene rings is 1. The zero-order chi connectivity index (χ0) is 28.7. The summed E-state index contributed by atoms with van der Waals surface area (Å²) < 4.78 is 16.1. The Labute approximate surface area is 226 Å². The van der Waals surface area contributed by atoms with E-state index >= 15 is 0 Å². The Balaban J connectivity index is 2.02. The van der Waals surface area contributed by atoms with Gasteiger partial charge in [0.25, 0.3) is 0 Å². The van der Waals surface area contributed by atoms with Crippen LogP contribution in [0.4, 0.5) is 15.3 Å². The fourth-order valence-corrected chi connectivity index (χ4v) is 3.94. The molecule has 0 saturated carbocycles. The van der Waals surface area contributed by atoms with Gasteiger partial charge in [-0.1, -0.05) is 6.08 Å². The van der Waals surface area contributed by atoms with E-state index in [1.807, 2.05) is 32.7 Å². The summed E-state index contributed by atoms with van der Waals surface area (Å²) in [6.45, 7) is 16.8. The van der Waals surface area contributed by atoms with Gasteiger partial charge in [0.15, 0.2) is 0 Å². The van der Waals surface area contributed by atoms with Crippen LogP contribution in [-0.2, 0) is 14.3 Å². The highest BCUT2D eigenvalue weighted by Crippen LogP contribution is 2.29. The van der Waals surface area contributed by atoms with Crippen molar-refractivity contribution >= 4 is 29.5 Å². The van der Waals surface area contributed by atoms with Gasteiger partial charge in [0.05, 0.1) is 5.57 Å². The van der Waals surface area contributed by atoms with Gasteiger partial charge in [0.1, 0.15) is 17.0 Å². The van der Waals surface area contributed by atoms with E-state index in [1.54, 1.807) is 44.7 Å². The largest absolute Gasteiger partial charge is 0.514 e. The standard InChI is InChI=1S/C28H43N3O7/c1-9-23(24(32)33)20-17-21(19-22(18-20)36-26(35)38-28(5,6)7)29(8)11-10-12-30-13-15-31(16-14-30)25(34)37-27(2,3)4/h9,17-19H,10-16H2,1-8H3,(H,32,33)/b23-9+. The van der Waals surface area contributed by atoms with E-state index in [2.05, 4.69) is 4.90 Å². The Hall–Kier alpha value is -3.27. The molecule has 0 radical (unpaired) electrons. The van der Waals surface area contributed by atoms with Crippen LogP contribution in [0.1, 0.15) is 60.5 Å². The van der Waals surface area contributed by atoms with Gasteiger partial charge >= 0.3 is 18.2 Å². The number of nitrogens with zero attached hydrogens (tertiary/aromatic N) is 3. The van der Waals surface area contributed by atoms with Crippen LogP contribution >= 0.6 is 0 Å². The van der Waals surface area contributed by atoms with Gasteiger partial charge in [0.2, 0.25) is 0 Å². The molecule has 0 aliphatic carbocycles. The molecule has 0 bridgehead atoms. The second kappa shape index (κ2) is 13.0. The minimum Gasteiger partial charge on any atom is -0.478 e. The minimum atomic E-state index is -1.07. The smallest absolute Gasteiger partial charge is 0.478 e. The molecular weight excluding hydrogens is 490 g/mol. The third-order valence-electron chi connectivity index (χ3n) is 5.74. The van der Waals surface area contributed by atoms with E-state index in [0.717, 1.165) is 31.7 Å². The summed E-state index contributed by atoms with van der Waals surface area (Å²) in [6.07, 6.45) is 1.23. The zero-order valence-electron chi connectivity index (χ0n) is 24.0. The van der Waals surface area contributed by atoms with Crippen LogP contribution in [0.3, 0.4) is 0 Å². The molecule has 10 nitrogen and oxygen atoms in total. The molecule has 1 heterocycles. The van der Waals surface area contributed by atoms with Crippen molar-refractivity contribution in [1.82, 2.24) is 9.80 Å². The molecule has 0 spiro atoms. The molecule has 1 saturated heterocycles. The minimum absolute atomic E-state index is 0.108. The lowest BCUT2D eigenvalue weighted by Gasteiger charge is -2.35. The molecular formula is C28H43N3O7. The quantitative estimate of drug-likeness (QED) is 0.284. The number of rotatable bonds is 8. The van der Waals surface area contributed by atoms with E-state index < -0.39 is 23.3 Å². The van der Waals surface area contributed by atoms with Crippen LogP contribution in [0.5, 0.6) is 5.75 Å². The molecule has 10 heteroatoms. The van der Waals surface area contributed by atoms with Crippen LogP contribution < -0.4 is 9.64 Å². The predicted molar refractivity (Wildman–Crippen MR) is 147 cm³/mol. The van der Waals surface area contributed by atoms with Gasteiger partial charge in [-0.15, -0.1) is 0 Å². The molecule has 1 aliphatic heterocycles. The number of ether oxygens (including phenoxy) is 3. The molecule has 38 heavy (non-hydrogen) atoms. The number of hydrogen-bond donors (Lipinski definition) is 1. The van der Waals surface area contributed by atoms with E-state index in [4.69, 9.17) is 14.2 Å². The highest BCUT2D eigenvalue weighted by Gasteiger charge is 2.26. The Morgan fingerprint density at radius 1 is 0.974 bits per heavy atom. The zero-order valence-corrected chi connectivity index (χ0v) is 24.0. The van der Waals surface area contributed by atoms with Crippen LogP contribution in [0.25, 0.3) is 5.57 Å². The third kappa shape index (κ3) is 10.2. The SMILES string of the molecule is C/C=C(/C(=O)O)c1cc(OC(=O)OC(C)(C)C)cc(N(C)CCCN2CCN(C(=O)OC(C)(C)C)CC2)c1. The number of amides is 1. The van der Waals surface area contributed by atoms with Crippen LogP contribution in [0, 0.1) is 0 Å². The second-order valence-electron chi connectivity index (χ2n) is 11.4. The van der Waals surface area contributed by atoms with Crippen molar-refractivity contribution < 1.29 is 33.7 Å². The summed E-state index contributed by atoms with van der Waals surface area (Å²) >= 11 is 0. The molecule has 1 aromatic carbocycles. The molecule has 1 aliphatic rings. The van der Waals surface area contributed by atoms with E-state index in [0.29, 0.717) is 25.2 Å². The molecule has 1 N–H and O–H groups in total. The maximum Gasteiger partial charge on any atom is 0.514 e. The van der Waals surface area contributed by atoms with Crippen molar-refractivity contribution in [2.45, 2.75) is 66.1 Å². The number of piperazine rings is 1. The van der Waals surface area contributed by atoms with E-state index in [1.165, 1.54) is 12.1 Å². The number of carbonyl (C=O) groups excluding carboxylic acids is 2. The highest BCUT2D eigenvalue weighted by atomic mass is 16.7. The molecule has 0 aromatic heterocycles. The molecule has 212 valence electrons. The third-order valence-corrected chi connectivity index (χ3v) is 5.74. The fraction of sp³-hybridized carbons (Fsp3) is 0.607. The lowest BCUT2D eigenvalue weighted by molar-refractivity contribution is -0.130. The molecule has 0 unspecified atom stereocenters. The highest BCUT2D eigenvalue weighted by molar-refractivity contribution is 6.15. The first-order chi connectivity index (χ1) is 17.6. The monoisotopic (exact) mass is 533 g/mol. The average Bonchev–Trinajstić information content (AvgIpc) is 2.77. The van der Waals surface area contributed by atoms with E-state index in [-0.39, 0.29) is 17.4 Å². The average molecular weight is 534 g/mol. The maximum atomic E-state index is 12.3. The first-order valence-corrected chi connectivity index (χ1v) is 13.0. The van der Waals surface area contributed by atoms with Gasteiger partial charge < -0.3 is 29.1 Å². The Kier molecular flexibility index (Phi) is 10.6. The van der Waals surface area contributed by atoms with Crippen LogP contribution in [0.2, 0.25) is 0 Å². The molecule has 1 fully saturated rings. The second-order valence-corrected chi connectivity index (χ2v) is 11.4. The number of carbonyl (C=O) groups is 3. The fourth-order valence-electron chi connectivity index (χ4n) is 3.94. The van der Waals surface area contributed by atoms with Crippen molar-refractivity contribution in [3.8, 4) is 5.75 Å². The number of hydrogen-bond acceptors (Lipinski definition) is 8. The Bertz CT molecular complexity index is 1020. The summed E-state index contributed by atoms with van der Waals surface area (Å²) in [5, 5.41) is 9.62. The van der Waals surface area contributed by atoms with Gasteiger partial charge in [0, 0.05) is 51.5 Å². The van der Waals surface area contributed by atoms with Crippen molar-refractivity contribution in [1.29, 1.82) is 0 Å². The normalized spacial score (nSPS) is 15.2. The van der Waals surface area contributed by atoms with Gasteiger partial charge in [-0.3, -0.25) is 4.90 Å². The van der Waals surface area contributed by atoms with Gasteiger partial charge in [-0.2, -0.15) is 0 Å². The molecule has 1 aromatic rings. The van der Waals surface area contributed by atoms with Crippen molar-refractivity contribution in [3.05, 3.63) is 29.8 Å². The predicted octanol–water partition coefficient (Wildman–Crippen LogP) is 4.87. The topological polar surface area (TPSA) is 109 Å². The summed E-state index contributed by atoms with van der Waals surface area (Å²) in [7, 11) is 1.91. The first kappa shape index (κ1) is 31.0. The van der Waals surface area contributed by atoms with Crippen molar-refractivity contribution in [2.75, 3.05) is 51.2 Å². The van der Waals surface area contributed by atoms with Gasteiger partial charge in [-0.25, -0.2) is 14.4 Å². The number of anilines is 1. The number of carboxylic acid groups (broad SMARTS) is 1. The molecule has 2 rings (SSSR count). The van der Waals surface area contributed by atoms with Crippen molar-refractivity contribution in [3.63, 3.8) is 0 Å². The lowest BCUT2D eigenvalue weighted by Crippen LogP contribution is -2.50. The number of carboxylic acids is 1. The number of allylic oxidation sites excluding steroid dienone is 1. The molecule has 0 atom stereocenters. The summed E-state index contributed by atoms with van der Waals surface area (Å²) in [4.78, 5) is 42.3.